The topological polar surface area (TPSA) is 53.3 Å². The van der Waals surface area contributed by atoms with E-state index in [-0.39, 0.29) is 35.3 Å². The fraction of sp³-hybridized carbons (Fsp3) is 0. The monoisotopic (exact) mass is 184 g/mol. The standard InChI is InChI=1S/C9H6O3.Na/c10-7-3-1-6-2-4-9(11)12-8(6)5-7;/h1-5,10H;/q;+1/p-1. The Labute approximate surface area is 96.3 Å². The molecule has 0 fully saturated rings. The van der Waals surface area contributed by atoms with Gasteiger partial charge in [0.2, 0.25) is 0 Å². The maximum atomic E-state index is 10.8. The van der Waals surface area contributed by atoms with Crippen LogP contribution in [0.25, 0.3) is 11.0 Å². The number of hydrogen-bond donors (Lipinski definition) is 0. The molecule has 0 atom stereocenters. The van der Waals surface area contributed by atoms with Crippen molar-refractivity contribution in [1.82, 2.24) is 0 Å². The zero-order chi connectivity index (χ0) is 8.55. The van der Waals surface area contributed by atoms with Crippen molar-refractivity contribution in [2.75, 3.05) is 0 Å². The van der Waals surface area contributed by atoms with E-state index in [0.29, 0.717) is 5.58 Å². The first-order valence-corrected chi connectivity index (χ1v) is 3.47. The summed E-state index contributed by atoms with van der Waals surface area (Å²) in [7, 11) is 0. The van der Waals surface area contributed by atoms with E-state index >= 15 is 0 Å². The van der Waals surface area contributed by atoms with E-state index in [1.807, 2.05) is 0 Å². The number of hydrogen-bond acceptors (Lipinski definition) is 3. The maximum absolute atomic E-state index is 10.8. The zero-order valence-electron chi connectivity index (χ0n) is 7.11. The molecule has 2 aromatic rings. The van der Waals surface area contributed by atoms with Crippen molar-refractivity contribution in [3.05, 3.63) is 40.8 Å². The van der Waals surface area contributed by atoms with Crippen molar-refractivity contribution in [3.63, 3.8) is 0 Å². The van der Waals surface area contributed by atoms with Gasteiger partial charge in [-0.1, -0.05) is 12.1 Å². The quantitative estimate of drug-likeness (QED) is 0.347. The summed E-state index contributed by atoms with van der Waals surface area (Å²) in [6.45, 7) is 0. The van der Waals surface area contributed by atoms with Gasteiger partial charge in [-0.3, -0.25) is 0 Å². The van der Waals surface area contributed by atoms with Gasteiger partial charge in [0.15, 0.2) is 0 Å². The molecule has 4 heteroatoms. The van der Waals surface area contributed by atoms with Crippen LogP contribution in [-0.2, 0) is 0 Å². The zero-order valence-corrected chi connectivity index (χ0v) is 9.11. The van der Waals surface area contributed by atoms with Crippen LogP contribution < -0.4 is 40.3 Å². The Morgan fingerprint density at radius 2 is 1.85 bits per heavy atom. The fourth-order valence-electron chi connectivity index (χ4n) is 1.04. The molecule has 1 heterocycles. The second-order valence-electron chi connectivity index (χ2n) is 2.45. The SMILES string of the molecule is O=c1ccc2ccc([O-])cc2o1.[Na+]. The average Bonchev–Trinajstić information content (AvgIpc) is 2.03. The van der Waals surface area contributed by atoms with Crippen molar-refractivity contribution in [3.8, 4) is 5.75 Å². The predicted octanol–water partition coefficient (Wildman–Crippen LogP) is -2.13. The van der Waals surface area contributed by atoms with E-state index in [1.54, 1.807) is 12.1 Å². The van der Waals surface area contributed by atoms with E-state index in [9.17, 15) is 9.90 Å². The van der Waals surface area contributed by atoms with Gasteiger partial charge in [-0.05, 0) is 12.1 Å². The summed E-state index contributed by atoms with van der Waals surface area (Å²) in [5.74, 6) is -0.156. The van der Waals surface area contributed by atoms with Gasteiger partial charge >= 0.3 is 35.2 Å². The molecule has 0 radical (unpaired) electrons. The Kier molecular flexibility index (Phi) is 3.14. The van der Waals surface area contributed by atoms with Crippen LogP contribution in [0.15, 0.2) is 39.5 Å². The minimum atomic E-state index is -0.437. The smallest absolute Gasteiger partial charge is 0.872 e. The molecule has 1 aromatic heterocycles. The third kappa shape index (κ3) is 2.12. The Morgan fingerprint density at radius 3 is 2.62 bits per heavy atom. The van der Waals surface area contributed by atoms with Gasteiger partial charge in [-0.15, -0.1) is 5.75 Å². The van der Waals surface area contributed by atoms with Gasteiger partial charge in [0, 0.05) is 11.5 Å². The molecule has 0 N–H and O–H groups in total. The normalized spacial score (nSPS) is 9.54. The molecular weight excluding hydrogens is 179 g/mol. The number of fused-ring (bicyclic) bond motifs is 1. The van der Waals surface area contributed by atoms with Crippen LogP contribution in [0.2, 0.25) is 0 Å². The number of rotatable bonds is 0. The van der Waals surface area contributed by atoms with E-state index in [2.05, 4.69) is 0 Å². The second kappa shape index (κ2) is 3.96. The van der Waals surface area contributed by atoms with Gasteiger partial charge in [0.25, 0.3) is 0 Å². The molecule has 0 saturated carbocycles. The minimum Gasteiger partial charge on any atom is -0.872 e. The van der Waals surface area contributed by atoms with Gasteiger partial charge < -0.3 is 9.52 Å². The summed E-state index contributed by atoms with van der Waals surface area (Å²) in [6, 6.07) is 7.31. The first kappa shape index (κ1) is 10.3. The van der Waals surface area contributed by atoms with Crippen LogP contribution in [0.4, 0.5) is 0 Å². The first-order valence-electron chi connectivity index (χ1n) is 3.47. The molecule has 0 amide bonds. The maximum Gasteiger partial charge on any atom is 1.00 e. The van der Waals surface area contributed by atoms with Crippen molar-refractivity contribution in [2.45, 2.75) is 0 Å². The summed E-state index contributed by atoms with van der Waals surface area (Å²) in [6.07, 6.45) is 0. The average molecular weight is 184 g/mol. The molecule has 0 saturated heterocycles. The molecule has 0 bridgehead atoms. The van der Waals surface area contributed by atoms with Crippen molar-refractivity contribution in [1.29, 1.82) is 0 Å². The molecule has 60 valence electrons. The molecule has 2 rings (SSSR count). The largest absolute Gasteiger partial charge is 1.00 e. The fourth-order valence-corrected chi connectivity index (χ4v) is 1.04. The van der Waals surface area contributed by atoms with E-state index in [4.69, 9.17) is 4.42 Å². The second-order valence-corrected chi connectivity index (χ2v) is 2.45. The van der Waals surface area contributed by atoms with E-state index in [0.717, 1.165) is 5.39 Å². The van der Waals surface area contributed by atoms with E-state index in [1.165, 1.54) is 18.2 Å². The van der Waals surface area contributed by atoms with Gasteiger partial charge in [-0.25, -0.2) is 4.79 Å². The summed E-state index contributed by atoms with van der Waals surface area (Å²) >= 11 is 0. The summed E-state index contributed by atoms with van der Waals surface area (Å²) in [5.41, 5.74) is -0.0944. The van der Waals surface area contributed by atoms with Crippen LogP contribution in [-0.4, -0.2) is 0 Å². The van der Waals surface area contributed by atoms with Crippen LogP contribution in [0.5, 0.6) is 5.75 Å². The van der Waals surface area contributed by atoms with Gasteiger partial charge in [-0.2, -0.15) is 0 Å². The molecule has 1 aromatic carbocycles. The van der Waals surface area contributed by atoms with Crippen molar-refractivity contribution in [2.24, 2.45) is 0 Å². The predicted molar refractivity (Wildman–Crippen MR) is 41.9 cm³/mol. The molecule has 0 aliphatic heterocycles. The molecule has 3 nitrogen and oxygen atoms in total. The van der Waals surface area contributed by atoms with Crippen molar-refractivity contribution < 1.29 is 39.1 Å². The molecule has 13 heavy (non-hydrogen) atoms. The van der Waals surface area contributed by atoms with Gasteiger partial charge in [0.1, 0.15) is 5.58 Å². The molecule has 0 aliphatic rings. The van der Waals surface area contributed by atoms with Crippen LogP contribution >= 0.6 is 0 Å². The molecule has 0 spiro atoms. The van der Waals surface area contributed by atoms with Crippen LogP contribution in [0, 0.1) is 0 Å². The Bertz CT molecular complexity index is 475. The Balaban J connectivity index is 0.000000845. The minimum absolute atomic E-state index is 0. The molecule has 0 unspecified atom stereocenters. The van der Waals surface area contributed by atoms with Crippen LogP contribution in [0.3, 0.4) is 0 Å². The van der Waals surface area contributed by atoms with Crippen molar-refractivity contribution >= 4 is 11.0 Å². The van der Waals surface area contributed by atoms with Crippen LogP contribution in [0.1, 0.15) is 0 Å². The molecule has 0 aliphatic carbocycles. The Hall–Kier alpha value is -0.770. The summed E-state index contributed by atoms with van der Waals surface area (Å²) in [4.78, 5) is 10.7. The third-order valence-corrected chi connectivity index (χ3v) is 1.59. The summed E-state index contributed by atoms with van der Waals surface area (Å²) in [5, 5.41) is 11.6. The number of benzene rings is 1. The molecular formula is C9H5NaO3. The van der Waals surface area contributed by atoms with E-state index < -0.39 is 5.63 Å². The Morgan fingerprint density at radius 1 is 1.15 bits per heavy atom. The first-order chi connectivity index (χ1) is 5.75. The third-order valence-electron chi connectivity index (χ3n) is 1.59. The van der Waals surface area contributed by atoms with Gasteiger partial charge in [0.05, 0.1) is 0 Å². The summed E-state index contributed by atoms with van der Waals surface area (Å²) < 4.78 is 4.79.